The van der Waals surface area contributed by atoms with E-state index in [2.05, 4.69) is 0 Å². The number of Topliss-reactive ketones (excluding diaryl/α,β-unsaturated/α-hetero) is 1. The van der Waals surface area contributed by atoms with Gasteiger partial charge in [0.15, 0.2) is 5.78 Å². The molecule has 0 aliphatic heterocycles. The highest BCUT2D eigenvalue weighted by Gasteiger charge is 2.43. The molecule has 2 aliphatic carbocycles. The Kier molecular flexibility index (Phi) is 3.12. The van der Waals surface area contributed by atoms with Crippen LogP contribution in [0.4, 0.5) is 0 Å². The predicted molar refractivity (Wildman–Crippen MR) is 75.7 cm³/mol. The number of hydrogen-bond donors (Lipinski definition) is 0. The molecule has 3 rings (SSSR count). The van der Waals surface area contributed by atoms with Gasteiger partial charge in [-0.05, 0) is 68.2 Å². The molecule has 0 amide bonds. The third-order valence-corrected chi connectivity index (χ3v) is 5.02. The number of hydrogen-bond acceptors (Lipinski definition) is 2. The van der Waals surface area contributed by atoms with Crippen LogP contribution in [0.5, 0.6) is 5.75 Å². The number of methoxy groups -OCH3 is 1. The second kappa shape index (κ2) is 4.66. The maximum Gasteiger partial charge on any atom is 0.166 e. The zero-order valence-corrected chi connectivity index (χ0v) is 12.0. The van der Waals surface area contributed by atoms with Gasteiger partial charge in [-0.25, -0.2) is 0 Å². The second-order valence-electron chi connectivity index (χ2n) is 6.29. The summed E-state index contributed by atoms with van der Waals surface area (Å²) in [7, 11) is 1.69. The number of ether oxygens (including phenoxy) is 1. The maximum atomic E-state index is 12.7. The molecule has 1 aromatic rings. The van der Waals surface area contributed by atoms with Gasteiger partial charge >= 0.3 is 0 Å². The van der Waals surface area contributed by atoms with E-state index in [0.717, 1.165) is 34.8 Å². The van der Waals surface area contributed by atoms with Gasteiger partial charge in [-0.15, -0.1) is 0 Å². The number of carbonyl (C=O) groups excluding carboxylic acids is 1. The number of carbonyl (C=O) groups is 1. The SMILES string of the molecule is COc1c(C)cc(C(=O)C2CC3CCC2C3)cc1C. The van der Waals surface area contributed by atoms with Gasteiger partial charge in [0, 0.05) is 11.5 Å². The van der Waals surface area contributed by atoms with E-state index in [0.29, 0.717) is 11.7 Å². The van der Waals surface area contributed by atoms with Crippen molar-refractivity contribution in [2.75, 3.05) is 7.11 Å². The molecule has 1 aromatic carbocycles. The Hall–Kier alpha value is -1.31. The average Bonchev–Trinajstić information content (AvgIpc) is 2.99. The van der Waals surface area contributed by atoms with E-state index in [9.17, 15) is 4.79 Å². The van der Waals surface area contributed by atoms with Crippen molar-refractivity contribution in [1.29, 1.82) is 0 Å². The van der Waals surface area contributed by atoms with Crippen LogP contribution in [-0.4, -0.2) is 12.9 Å². The van der Waals surface area contributed by atoms with Crippen LogP contribution < -0.4 is 4.74 Å². The zero-order valence-electron chi connectivity index (χ0n) is 12.0. The van der Waals surface area contributed by atoms with Crippen molar-refractivity contribution >= 4 is 5.78 Å². The van der Waals surface area contributed by atoms with E-state index in [1.807, 2.05) is 26.0 Å². The molecule has 102 valence electrons. The summed E-state index contributed by atoms with van der Waals surface area (Å²) < 4.78 is 5.37. The summed E-state index contributed by atoms with van der Waals surface area (Å²) >= 11 is 0. The first-order valence-electron chi connectivity index (χ1n) is 7.29. The highest BCUT2D eigenvalue weighted by molar-refractivity contribution is 5.99. The van der Waals surface area contributed by atoms with Gasteiger partial charge in [-0.2, -0.15) is 0 Å². The maximum absolute atomic E-state index is 12.7. The Morgan fingerprint density at radius 1 is 1.16 bits per heavy atom. The van der Waals surface area contributed by atoms with Crippen molar-refractivity contribution in [2.24, 2.45) is 17.8 Å². The monoisotopic (exact) mass is 258 g/mol. The minimum absolute atomic E-state index is 0.283. The first kappa shape index (κ1) is 12.7. The van der Waals surface area contributed by atoms with Gasteiger partial charge in [-0.3, -0.25) is 4.79 Å². The summed E-state index contributed by atoms with van der Waals surface area (Å²) in [6.07, 6.45) is 5.00. The van der Waals surface area contributed by atoms with Crippen molar-refractivity contribution in [3.05, 3.63) is 28.8 Å². The topological polar surface area (TPSA) is 26.3 Å². The number of aryl methyl sites for hydroxylation is 2. The van der Waals surface area contributed by atoms with Crippen molar-refractivity contribution in [2.45, 2.75) is 39.5 Å². The molecule has 2 fully saturated rings. The van der Waals surface area contributed by atoms with Crippen LogP contribution in [0.2, 0.25) is 0 Å². The fourth-order valence-corrected chi connectivity index (χ4v) is 4.19. The number of rotatable bonds is 3. The van der Waals surface area contributed by atoms with E-state index in [4.69, 9.17) is 4.74 Å². The minimum atomic E-state index is 0.283. The molecule has 3 atom stereocenters. The molecular weight excluding hydrogens is 236 g/mol. The van der Waals surface area contributed by atoms with Gasteiger partial charge in [0.05, 0.1) is 7.11 Å². The summed E-state index contributed by atoms with van der Waals surface area (Å²) in [5, 5.41) is 0. The van der Waals surface area contributed by atoms with Gasteiger partial charge in [0.25, 0.3) is 0 Å². The van der Waals surface area contributed by atoms with Crippen LogP contribution in [0, 0.1) is 31.6 Å². The highest BCUT2D eigenvalue weighted by atomic mass is 16.5. The fraction of sp³-hybridized carbons (Fsp3) is 0.588. The Labute approximate surface area is 115 Å². The molecule has 2 aliphatic rings. The van der Waals surface area contributed by atoms with Crippen molar-refractivity contribution in [3.8, 4) is 5.75 Å². The molecular formula is C17H22O2. The lowest BCUT2D eigenvalue weighted by atomic mass is 9.82. The zero-order chi connectivity index (χ0) is 13.6. The Bertz CT molecular complexity index is 495. The first-order chi connectivity index (χ1) is 9.10. The smallest absolute Gasteiger partial charge is 0.166 e. The summed E-state index contributed by atoms with van der Waals surface area (Å²) in [5.74, 6) is 3.02. The summed E-state index contributed by atoms with van der Waals surface area (Å²) in [5.41, 5.74) is 3.01. The minimum Gasteiger partial charge on any atom is -0.496 e. The van der Waals surface area contributed by atoms with Gasteiger partial charge in [-0.1, -0.05) is 6.42 Å². The molecule has 0 spiro atoms. The van der Waals surface area contributed by atoms with Crippen molar-refractivity contribution < 1.29 is 9.53 Å². The molecule has 3 unspecified atom stereocenters. The number of ketones is 1. The quantitative estimate of drug-likeness (QED) is 0.768. The van der Waals surface area contributed by atoms with Gasteiger partial charge < -0.3 is 4.74 Å². The van der Waals surface area contributed by atoms with Crippen LogP contribution in [-0.2, 0) is 0 Å². The lowest BCUT2D eigenvalue weighted by Gasteiger charge is -2.21. The molecule has 2 bridgehead atoms. The predicted octanol–water partition coefficient (Wildman–Crippen LogP) is 3.93. The molecule has 19 heavy (non-hydrogen) atoms. The highest BCUT2D eigenvalue weighted by Crippen LogP contribution is 2.49. The van der Waals surface area contributed by atoms with Crippen LogP contribution in [0.3, 0.4) is 0 Å². The van der Waals surface area contributed by atoms with Crippen LogP contribution >= 0.6 is 0 Å². The molecule has 0 aromatic heterocycles. The molecule has 0 N–H and O–H groups in total. The van der Waals surface area contributed by atoms with Crippen LogP contribution in [0.15, 0.2) is 12.1 Å². The van der Waals surface area contributed by atoms with E-state index in [1.54, 1.807) is 7.11 Å². The standard InChI is InChI=1S/C17H22O2/c1-10-6-14(7-11(2)17(10)19-3)16(18)15-9-12-4-5-13(15)8-12/h6-7,12-13,15H,4-5,8-9H2,1-3H3. The summed E-state index contributed by atoms with van der Waals surface area (Å²) in [6, 6.07) is 4.00. The van der Waals surface area contributed by atoms with Crippen LogP contribution in [0.25, 0.3) is 0 Å². The number of benzene rings is 1. The Morgan fingerprint density at radius 2 is 1.84 bits per heavy atom. The fourth-order valence-electron chi connectivity index (χ4n) is 4.19. The molecule has 2 saturated carbocycles. The summed E-state index contributed by atoms with van der Waals surface area (Å²) in [6.45, 7) is 4.03. The normalized spacial score (nSPS) is 28.7. The molecule has 0 saturated heterocycles. The molecule has 2 heteroatoms. The van der Waals surface area contributed by atoms with E-state index < -0.39 is 0 Å². The van der Waals surface area contributed by atoms with Crippen LogP contribution in [0.1, 0.15) is 47.2 Å². The Morgan fingerprint density at radius 3 is 2.32 bits per heavy atom. The average molecular weight is 258 g/mol. The third-order valence-electron chi connectivity index (χ3n) is 5.02. The van der Waals surface area contributed by atoms with Crippen molar-refractivity contribution in [3.63, 3.8) is 0 Å². The lowest BCUT2D eigenvalue weighted by molar-refractivity contribution is 0.0874. The third kappa shape index (κ3) is 2.07. The molecule has 2 nitrogen and oxygen atoms in total. The second-order valence-corrected chi connectivity index (χ2v) is 6.29. The molecule has 0 radical (unpaired) electrons. The van der Waals surface area contributed by atoms with E-state index >= 15 is 0 Å². The van der Waals surface area contributed by atoms with E-state index in [-0.39, 0.29) is 5.92 Å². The first-order valence-corrected chi connectivity index (χ1v) is 7.29. The summed E-state index contributed by atoms with van der Waals surface area (Å²) in [4.78, 5) is 12.7. The van der Waals surface area contributed by atoms with Gasteiger partial charge in [0.2, 0.25) is 0 Å². The van der Waals surface area contributed by atoms with Gasteiger partial charge in [0.1, 0.15) is 5.75 Å². The Balaban J connectivity index is 1.88. The number of fused-ring (bicyclic) bond motifs is 2. The molecule has 0 heterocycles. The van der Waals surface area contributed by atoms with Crippen molar-refractivity contribution in [1.82, 2.24) is 0 Å². The largest absolute Gasteiger partial charge is 0.496 e. The van der Waals surface area contributed by atoms with E-state index in [1.165, 1.54) is 19.3 Å². The lowest BCUT2D eigenvalue weighted by Crippen LogP contribution is -2.21.